The lowest BCUT2D eigenvalue weighted by Gasteiger charge is -2.08. The molecule has 8 heteroatoms. The van der Waals surface area contributed by atoms with Crippen molar-refractivity contribution in [3.8, 4) is 0 Å². The van der Waals surface area contributed by atoms with Crippen LogP contribution in [0.3, 0.4) is 0 Å². The molecule has 0 fully saturated rings. The first-order valence-corrected chi connectivity index (χ1v) is 8.27. The summed E-state index contributed by atoms with van der Waals surface area (Å²) in [5.74, 6) is -2.40. The van der Waals surface area contributed by atoms with Crippen molar-refractivity contribution in [1.82, 2.24) is 4.72 Å². The summed E-state index contributed by atoms with van der Waals surface area (Å²) in [4.78, 5) is 11.7. The van der Waals surface area contributed by atoms with Crippen LogP contribution in [-0.2, 0) is 20.6 Å². The van der Waals surface area contributed by atoms with E-state index in [0.717, 1.165) is 12.1 Å². The minimum Gasteiger partial charge on any atom is -0.325 e. The first-order chi connectivity index (χ1) is 10.9. The molecule has 0 aliphatic carbocycles. The van der Waals surface area contributed by atoms with Gasteiger partial charge < -0.3 is 5.32 Å². The Hall–Kier alpha value is -2.32. The summed E-state index contributed by atoms with van der Waals surface area (Å²) < 4.78 is 52.2. The number of rotatable bonds is 6. The summed E-state index contributed by atoms with van der Waals surface area (Å²) in [6, 6.07) is 10.7. The summed E-state index contributed by atoms with van der Waals surface area (Å²) in [6.07, 6.45) is 0. The van der Waals surface area contributed by atoms with Gasteiger partial charge in [-0.3, -0.25) is 4.79 Å². The van der Waals surface area contributed by atoms with Gasteiger partial charge in [0.2, 0.25) is 15.9 Å². The van der Waals surface area contributed by atoms with Crippen molar-refractivity contribution in [2.24, 2.45) is 0 Å². The number of sulfonamides is 1. The summed E-state index contributed by atoms with van der Waals surface area (Å²) in [5.41, 5.74) is 0.217. The zero-order valence-electron chi connectivity index (χ0n) is 11.9. The Morgan fingerprint density at radius 1 is 1.04 bits per heavy atom. The lowest BCUT2D eigenvalue weighted by Crippen LogP contribution is -2.33. The quantitative estimate of drug-likeness (QED) is 0.845. The van der Waals surface area contributed by atoms with E-state index >= 15 is 0 Å². The van der Waals surface area contributed by atoms with E-state index in [4.69, 9.17) is 0 Å². The third kappa shape index (κ3) is 5.42. The van der Waals surface area contributed by atoms with Gasteiger partial charge in [-0.05, 0) is 24.3 Å². The second-order valence-electron chi connectivity index (χ2n) is 4.73. The van der Waals surface area contributed by atoms with Crippen LogP contribution in [0.4, 0.5) is 14.5 Å². The van der Waals surface area contributed by atoms with E-state index in [-0.39, 0.29) is 11.3 Å². The maximum atomic E-state index is 13.4. The Kier molecular flexibility index (Phi) is 5.41. The van der Waals surface area contributed by atoms with Crippen LogP contribution in [-0.4, -0.2) is 20.9 Å². The van der Waals surface area contributed by atoms with Crippen LogP contribution in [0.2, 0.25) is 0 Å². The number of hydrogen-bond donors (Lipinski definition) is 2. The van der Waals surface area contributed by atoms with Crippen LogP contribution in [0, 0.1) is 11.6 Å². The molecule has 0 heterocycles. The normalized spacial score (nSPS) is 11.2. The molecule has 0 saturated carbocycles. The van der Waals surface area contributed by atoms with Gasteiger partial charge in [0, 0.05) is 11.3 Å². The molecule has 0 aliphatic rings. The topological polar surface area (TPSA) is 75.3 Å². The lowest BCUT2D eigenvalue weighted by molar-refractivity contribution is -0.115. The molecule has 0 bridgehead atoms. The first kappa shape index (κ1) is 17.0. The Bertz CT molecular complexity index is 810. The average molecular weight is 340 g/mol. The van der Waals surface area contributed by atoms with Crippen molar-refractivity contribution in [3.63, 3.8) is 0 Å². The highest BCUT2D eigenvalue weighted by atomic mass is 32.2. The van der Waals surface area contributed by atoms with Crippen LogP contribution >= 0.6 is 0 Å². The Balaban J connectivity index is 1.91. The van der Waals surface area contributed by atoms with Crippen LogP contribution in [0.15, 0.2) is 48.5 Å². The molecule has 2 aromatic carbocycles. The predicted octanol–water partition coefficient (Wildman–Crippen LogP) is 2.02. The van der Waals surface area contributed by atoms with Crippen LogP contribution in [0.5, 0.6) is 0 Å². The first-order valence-electron chi connectivity index (χ1n) is 6.62. The minimum absolute atomic E-state index is 0.00513. The highest BCUT2D eigenvalue weighted by molar-refractivity contribution is 7.88. The van der Waals surface area contributed by atoms with Crippen molar-refractivity contribution >= 4 is 21.6 Å². The summed E-state index contributed by atoms with van der Waals surface area (Å²) in [6.45, 7) is -0.534. The minimum atomic E-state index is -3.88. The zero-order valence-corrected chi connectivity index (χ0v) is 12.7. The van der Waals surface area contributed by atoms with E-state index in [1.165, 1.54) is 36.4 Å². The molecule has 0 atom stereocenters. The van der Waals surface area contributed by atoms with Gasteiger partial charge in [-0.2, -0.15) is 0 Å². The summed E-state index contributed by atoms with van der Waals surface area (Å²) in [7, 11) is -3.88. The van der Waals surface area contributed by atoms with Gasteiger partial charge in [-0.1, -0.05) is 24.3 Å². The number of carbonyl (C=O) groups is 1. The van der Waals surface area contributed by atoms with Crippen molar-refractivity contribution in [2.45, 2.75) is 5.75 Å². The lowest BCUT2D eigenvalue weighted by atomic mass is 10.2. The molecule has 0 saturated heterocycles. The summed E-state index contributed by atoms with van der Waals surface area (Å²) in [5, 5.41) is 2.35. The summed E-state index contributed by atoms with van der Waals surface area (Å²) >= 11 is 0. The molecule has 0 aliphatic heterocycles. The Morgan fingerprint density at radius 3 is 2.48 bits per heavy atom. The van der Waals surface area contributed by atoms with E-state index < -0.39 is 39.9 Å². The second kappa shape index (κ2) is 7.30. The molecule has 0 radical (unpaired) electrons. The molecule has 2 N–H and O–H groups in total. The number of anilines is 1. The molecular weight excluding hydrogens is 326 g/mol. The number of halogens is 2. The van der Waals surface area contributed by atoms with Crippen molar-refractivity contribution in [2.75, 3.05) is 11.9 Å². The van der Waals surface area contributed by atoms with E-state index in [1.807, 2.05) is 0 Å². The zero-order chi connectivity index (χ0) is 16.9. The third-order valence-corrected chi connectivity index (χ3v) is 4.14. The van der Waals surface area contributed by atoms with Gasteiger partial charge in [0.15, 0.2) is 0 Å². The van der Waals surface area contributed by atoms with E-state index in [9.17, 15) is 22.0 Å². The average Bonchev–Trinajstić information content (AvgIpc) is 2.48. The molecule has 5 nitrogen and oxygen atoms in total. The standard InChI is InChI=1S/C15H14F2N2O3S/c16-12-5-3-6-13(8-12)19-15(20)9-18-23(21,22)10-11-4-1-2-7-14(11)17/h1-8,18H,9-10H2,(H,19,20). The van der Waals surface area contributed by atoms with Gasteiger partial charge in [0.1, 0.15) is 11.6 Å². The molecule has 23 heavy (non-hydrogen) atoms. The number of nitrogens with one attached hydrogen (secondary N) is 2. The fourth-order valence-electron chi connectivity index (χ4n) is 1.82. The molecule has 0 spiro atoms. The highest BCUT2D eigenvalue weighted by Gasteiger charge is 2.15. The second-order valence-corrected chi connectivity index (χ2v) is 6.54. The molecule has 2 aromatic rings. The molecular formula is C15H14F2N2O3S. The number of carbonyl (C=O) groups excluding carboxylic acids is 1. The Labute approximate surface area is 132 Å². The SMILES string of the molecule is O=C(CNS(=O)(=O)Cc1ccccc1F)Nc1cccc(F)c1. The molecule has 1 amide bonds. The van der Waals surface area contributed by atoms with Crippen molar-refractivity contribution < 1.29 is 22.0 Å². The van der Waals surface area contributed by atoms with E-state index in [1.54, 1.807) is 0 Å². The molecule has 0 aromatic heterocycles. The van der Waals surface area contributed by atoms with Crippen molar-refractivity contribution in [3.05, 3.63) is 65.7 Å². The van der Waals surface area contributed by atoms with Crippen LogP contribution < -0.4 is 10.0 Å². The fraction of sp³-hybridized carbons (Fsp3) is 0.133. The molecule has 0 unspecified atom stereocenters. The largest absolute Gasteiger partial charge is 0.325 e. The monoisotopic (exact) mass is 340 g/mol. The number of amides is 1. The number of hydrogen-bond acceptors (Lipinski definition) is 3. The fourth-order valence-corrected chi connectivity index (χ4v) is 2.91. The Morgan fingerprint density at radius 2 is 1.78 bits per heavy atom. The van der Waals surface area contributed by atoms with Gasteiger partial charge in [-0.15, -0.1) is 0 Å². The highest BCUT2D eigenvalue weighted by Crippen LogP contribution is 2.10. The smallest absolute Gasteiger partial charge is 0.239 e. The van der Waals surface area contributed by atoms with Gasteiger partial charge in [-0.25, -0.2) is 21.9 Å². The van der Waals surface area contributed by atoms with Gasteiger partial charge >= 0.3 is 0 Å². The maximum Gasteiger partial charge on any atom is 0.239 e. The van der Waals surface area contributed by atoms with Gasteiger partial charge in [0.05, 0.1) is 12.3 Å². The number of benzene rings is 2. The van der Waals surface area contributed by atoms with Crippen LogP contribution in [0.25, 0.3) is 0 Å². The predicted molar refractivity (Wildman–Crippen MR) is 82.1 cm³/mol. The van der Waals surface area contributed by atoms with Crippen molar-refractivity contribution in [1.29, 1.82) is 0 Å². The van der Waals surface area contributed by atoms with Crippen LogP contribution in [0.1, 0.15) is 5.56 Å². The molecule has 122 valence electrons. The van der Waals surface area contributed by atoms with E-state index in [2.05, 4.69) is 10.0 Å². The van der Waals surface area contributed by atoms with Gasteiger partial charge in [0.25, 0.3) is 0 Å². The third-order valence-electron chi connectivity index (χ3n) is 2.86. The maximum absolute atomic E-state index is 13.4. The van der Waals surface area contributed by atoms with E-state index in [0.29, 0.717) is 0 Å². The molecule has 2 rings (SSSR count).